The molecule has 0 saturated carbocycles. The summed E-state index contributed by atoms with van der Waals surface area (Å²) in [6, 6.07) is 11.2. The second kappa shape index (κ2) is 7.41. The molecular weight excluding hydrogens is 258 g/mol. The Morgan fingerprint density at radius 2 is 1.86 bits per heavy atom. The summed E-state index contributed by atoms with van der Waals surface area (Å²) in [4.78, 5) is 0. The van der Waals surface area contributed by atoms with Gasteiger partial charge in [-0.15, -0.1) is 0 Å². The summed E-state index contributed by atoms with van der Waals surface area (Å²) < 4.78 is 2.13. The van der Waals surface area contributed by atoms with Crippen LogP contribution in [0.15, 0.2) is 30.3 Å². The van der Waals surface area contributed by atoms with Crippen LogP contribution in [-0.2, 0) is 13.0 Å². The van der Waals surface area contributed by atoms with Crippen LogP contribution >= 0.6 is 0 Å². The van der Waals surface area contributed by atoms with E-state index in [-0.39, 0.29) is 0 Å². The lowest BCUT2D eigenvalue weighted by Gasteiger charge is -2.18. The molecule has 1 aromatic heterocycles. The van der Waals surface area contributed by atoms with Gasteiger partial charge in [0, 0.05) is 24.7 Å². The summed E-state index contributed by atoms with van der Waals surface area (Å²) in [5, 5.41) is 8.06. The van der Waals surface area contributed by atoms with Crippen molar-refractivity contribution in [3.05, 3.63) is 52.8 Å². The highest BCUT2D eigenvalue weighted by molar-refractivity contribution is 5.26. The van der Waals surface area contributed by atoms with Crippen molar-refractivity contribution < 1.29 is 0 Å². The number of rotatable bonds is 7. The monoisotopic (exact) mass is 285 g/mol. The van der Waals surface area contributed by atoms with E-state index in [2.05, 4.69) is 73.1 Å². The van der Waals surface area contributed by atoms with Crippen molar-refractivity contribution in [2.24, 2.45) is 0 Å². The van der Waals surface area contributed by atoms with Crippen molar-refractivity contribution in [1.82, 2.24) is 15.1 Å². The number of nitrogens with one attached hydrogen (secondary N) is 1. The highest BCUT2D eigenvalue weighted by atomic mass is 15.3. The molecule has 3 nitrogen and oxygen atoms in total. The molecule has 0 aliphatic heterocycles. The van der Waals surface area contributed by atoms with E-state index >= 15 is 0 Å². The van der Waals surface area contributed by atoms with Gasteiger partial charge in [0.25, 0.3) is 0 Å². The summed E-state index contributed by atoms with van der Waals surface area (Å²) in [6.07, 6.45) is 1.03. The first-order valence-electron chi connectivity index (χ1n) is 7.94. The lowest BCUT2D eigenvalue weighted by atomic mass is 9.93. The van der Waals surface area contributed by atoms with Crippen LogP contribution in [0.5, 0.6) is 0 Å². The average Bonchev–Trinajstić information content (AvgIpc) is 2.84. The lowest BCUT2D eigenvalue weighted by molar-refractivity contribution is 0.551. The molecule has 2 rings (SSSR count). The van der Waals surface area contributed by atoms with Crippen LogP contribution in [-0.4, -0.2) is 22.9 Å². The van der Waals surface area contributed by atoms with Gasteiger partial charge in [-0.3, -0.25) is 4.68 Å². The first-order chi connectivity index (χ1) is 10.1. The Hall–Kier alpha value is -1.61. The van der Waals surface area contributed by atoms with Crippen molar-refractivity contribution in [3.8, 4) is 0 Å². The molecule has 0 bridgehead atoms. The molecule has 2 aromatic rings. The van der Waals surface area contributed by atoms with Crippen molar-refractivity contribution in [2.75, 3.05) is 13.1 Å². The fourth-order valence-corrected chi connectivity index (χ4v) is 2.75. The van der Waals surface area contributed by atoms with Gasteiger partial charge in [0.15, 0.2) is 0 Å². The maximum absolute atomic E-state index is 4.57. The van der Waals surface area contributed by atoms with E-state index in [0.29, 0.717) is 5.92 Å². The molecule has 1 aromatic carbocycles. The normalized spacial score (nSPS) is 12.6. The van der Waals surface area contributed by atoms with Crippen molar-refractivity contribution in [2.45, 2.75) is 46.6 Å². The zero-order valence-electron chi connectivity index (χ0n) is 13.7. The van der Waals surface area contributed by atoms with Gasteiger partial charge in [-0.25, -0.2) is 0 Å². The Morgan fingerprint density at radius 3 is 2.48 bits per heavy atom. The molecule has 0 amide bonds. The molecule has 3 heteroatoms. The molecule has 114 valence electrons. The Labute approximate surface area is 128 Å². The van der Waals surface area contributed by atoms with Crippen LogP contribution in [0.1, 0.15) is 42.3 Å². The van der Waals surface area contributed by atoms with Crippen LogP contribution in [0.25, 0.3) is 0 Å². The number of aryl methyl sites for hydroxylation is 3. The van der Waals surface area contributed by atoms with Gasteiger partial charge in [0.05, 0.1) is 5.69 Å². The van der Waals surface area contributed by atoms with Crippen LogP contribution in [0, 0.1) is 13.8 Å². The maximum atomic E-state index is 4.57. The number of hydrogen-bond acceptors (Lipinski definition) is 2. The fourth-order valence-electron chi connectivity index (χ4n) is 2.75. The van der Waals surface area contributed by atoms with E-state index in [1.54, 1.807) is 0 Å². The van der Waals surface area contributed by atoms with Crippen LogP contribution in [0.2, 0.25) is 0 Å². The SMILES string of the molecule is CCNCC(Cc1cc(C)nn1CC)c1ccc(C)cc1. The minimum atomic E-state index is 0.493. The molecule has 0 fully saturated rings. The number of aromatic nitrogens is 2. The predicted octanol–water partition coefficient (Wildman–Crippen LogP) is 3.46. The van der Waals surface area contributed by atoms with E-state index in [4.69, 9.17) is 0 Å². The van der Waals surface area contributed by atoms with Gasteiger partial charge in [-0.05, 0) is 45.4 Å². The van der Waals surface area contributed by atoms with E-state index in [0.717, 1.165) is 31.7 Å². The Kier molecular flexibility index (Phi) is 5.57. The zero-order chi connectivity index (χ0) is 15.2. The number of nitrogens with zero attached hydrogens (tertiary/aromatic N) is 2. The van der Waals surface area contributed by atoms with Gasteiger partial charge in [0.2, 0.25) is 0 Å². The maximum Gasteiger partial charge on any atom is 0.0596 e. The molecule has 0 radical (unpaired) electrons. The number of hydrogen-bond donors (Lipinski definition) is 1. The Bertz CT molecular complexity index is 554. The lowest BCUT2D eigenvalue weighted by Crippen LogP contribution is -2.23. The quantitative estimate of drug-likeness (QED) is 0.844. The van der Waals surface area contributed by atoms with E-state index < -0.39 is 0 Å². The number of likely N-dealkylation sites (N-methyl/N-ethyl adjacent to an activating group) is 1. The summed E-state index contributed by atoms with van der Waals surface area (Å²) in [5.74, 6) is 0.493. The first-order valence-corrected chi connectivity index (χ1v) is 7.94. The van der Waals surface area contributed by atoms with Gasteiger partial charge in [-0.1, -0.05) is 36.8 Å². The van der Waals surface area contributed by atoms with Crippen molar-refractivity contribution >= 4 is 0 Å². The summed E-state index contributed by atoms with van der Waals surface area (Å²) in [5.41, 5.74) is 5.16. The van der Waals surface area contributed by atoms with Crippen LogP contribution in [0.4, 0.5) is 0 Å². The third-order valence-electron chi connectivity index (χ3n) is 3.93. The second-order valence-electron chi connectivity index (χ2n) is 5.71. The van der Waals surface area contributed by atoms with E-state index in [1.807, 2.05) is 0 Å². The summed E-state index contributed by atoms with van der Waals surface area (Å²) in [7, 11) is 0. The molecule has 1 atom stereocenters. The minimum Gasteiger partial charge on any atom is -0.316 e. The molecule has 1 unspecified atom stereocenters. The molecule has 21 heavy (non-hydrogen) atoms. The molecule has 0 spiro atoms. The number of benzene rings is 1. The summed E-state index contributed by atoms with van der Waals surface area (Å²) >= 11 is 0. The largest absolute Gasteiger partial charge is 0.316 e. The van der Waals surface area contributed by atoms with E-state index in [1.165, 1.54) is 16.8 Å². The molecule has 1 N–H and O–H groups in total. The molecule has 1 heterocycles. The third kappa shape index (κ3) is 4.18. The smallest absolute Gasteiger partial charge is 0.0596 e. The topological polar surface area (TPSA) is 29.9 Å². The van der Waals surface area contributed by atoms with Crippen LogP contribution < -0.4 is 5.32 Å². The second-order valence-corrected chi connectivity index (χ2v) is 5.71. The van der Waals surface area contributed by atoms with Crippen LogP contribution in [0.3, 0.4) is 0 Å². The highest BCUT2D eigenvalue weighted by Crippen LogP contribution is 2.21. The third-order valence-corrected chi connectivity index (χ3v) is 3.93. The molecular formula is C18H27N3. The molecule has 0 saturated heterocycles. The van der Waals surface area contributed by atoms with Gasteiger partial charge >= 0.3 is 0 Å². The minimum absolute atomic E-state index is 0.493. The zero-order valence-corrected chi connectivity index (χ0v) is 13.7. The summed E-state index contributed by atoms with van der Waals surface area (Å²) in [6.45, 7) is 11.5. The Balaban J connectivity index is 2.21. The highest BCUT2D eigenvalue weighted by Gasteiger charge is 2.15. The van der Waals surface area contributed by atoms with E-state index in [9.17, 15) is 0 Å². The van der Waals surface area contributed by atoms with Gasteiger partial charge in [0.1, 0.15) is 0 Å². The fraction of sp³-hybridized carbons (Fsp3) is 0.500. The van der Waals surface area contributed by atoms with Crippen molar-refractivity contribution in [3.63, 3.8) is 0 Å². The first kappa shape index (κ1) is 15.8. The standard InChI is InChI=1S/C18H27N3/c1-5-19-13-17(16-9-7-14(3)8-10-16)12-18-11-15(4)20-21(18)6-2/h7-11,17,19H,5-6,12-13H2,1-4H3. The van der Waals surface area contributed by atoms with Crippen molar-refractivity contribution in [1.29, 1.82) is 0 Å². The predicted molar refractivity (Wildman–Crippen MR) is 88.8 cm³/mol. The Morgan fingerprint density at radius 1 is 1.14 bits per heavy atom. The molecule has 0 aliphatic carbocycles. The van der Waals surface area contributed by atoms with Gasteiger partial charge < -0.3 is 5.32 Å². The average molecular weight is 285 g/mol. The molecule has 0 aliphatic rings. The van der Waals surface area contributed by atoms with Gasteiger partial charge in [-0.2, -0.15) is 5.10 Å².